The van der Waals surface area contributed by atoms with Crippen LogP contribution in [0.25, 0.3) is 0 Å². The van der Waals surface area contributed by atoms with Gasteiger partial charge in [0.1, 0.15) is 12.7 Å². The van der Waals surface area contributed by atoms with Crippen LogP contribution in [-0.4, -0.2) is 44.6 Å². The molecule has 5 nitrogen and oxygen atoms in total. The zero-order valence-electron chi connectivity index (χ0n) is 12.7. The topological polar surface area (TPSA) is 60.0 Å². The summed E-state index contributed by atoms with van der Waals surface area (Å²) in [6.07, 6.45) is -0.555. The van der Waals surface area contributed by atoms with E-state index >= 15 is 0 Å². The van der Waals surface area contributed by atoms with E-state index in [9.17, 15) is 5.11 Å². The summed E-state index contributed by atoms with van der Waals surface area (Å²) in [6, 6.07) is 5.96. The molecule has 0 saturated carbocycles. The molecular formula is C15H25NO4. The van der Waals surface area contributed by atoms with E-state index in [0.29, 0.717) is 30.7 Å². The quantitative estimate of drug-likeness (QED) is 0.720. The van der Waals surface area contributed by atoms with E-state index in [-0.39, 0.29) is 6.61 Å². The lowest BCUT2D eigenvalue weighted by atomic mass is 10.2. The predicted molar refractivity (Wildman–Crippen MR) is 78.3 cm³/mol. The van der Waals surface area contributed by atoms with Crippen molar-refractivity contribution in [3.8, 4) is 11.5 Å². The van der Waals surface area contributed by atoms with Crippen molar-refractivity contribution in [1.82, 2.24) is 5.32 Å². The summed E-state index contributed by atoms with van der Waals surface area (Å²) in [5.74, 6) is 1.26. The summed E-state index contributed by atoms with van der Waals surface area (Å²) >= 11 is 0. The SMILES string of the molecule is COCc1ccc(OCC(O)CNC(C)C)c(OC)c1. The highest BCUT2D eigenvalue weighted by molar-refractivity contribution is 5.42. The zero-order chi connectivity index (χ0) is 15.0. The van der Waals surface area contributed by atoms with Gasteiger partial charge in [0.05, 0.1) is 13.7 Å². The smallest absolute Gasteiger partial charge is 0.161 e. The fourth-order valence-electron chi connectivity index (χ4n) is 1.70. The van der Waals surface area contributed by atoms with Crippen molar-refractivity contribution in [1.29, 1.82) is 0 Å². The molecule has 0 bridgehead atoms. The molecule has 0 aliphatic rings. The van der Waals surface area contributed by atoms with Gasteiger partial charge < -0.3 is 24.6 Å². The number of methoxy groups -OCH3 is 2. The van der Waals surface area contributed by atoms with Crippen molar-refractivity contribution in [2.24, 2.45) is 0 Å². The van der Waals surface area contributed by atoms with Crippen LogP contribution in [0.5, 0.6) is 11.5 Å². The normalized spacial score (nSPS) is 12.5. The van der Waals surface area contributed by atoms with E-state index in [0.717, 1.165) is 5.56 Å². The standard InChI is InChI=1S/C15H25NO4/c1-11(2)16-8-13(17)10-20-14-6-5-12(9-18-3)7-15(14)19-4/h5-7,11,13,16-17H,8-10H2,1-4H3. The molecule has 0 amide bonds. The van der Waals surface area contributed by atoms with Crippen molar-refractivity contribution in [2.45, 2.75) is 32.6 Å². The van der Waals surface area contributed by atoms with E-state index in [1.165, 1.54) is 0 Å². The Kier molecular flexibility index (Phi) is 7.36. The molecule has 5 heteroatoms. The monoisotopic (exact) mass is 283 g/mol. The number of aliphatic hydroxyl groups is 1. The number of rotatable bonds is 9. The van der Waals surface area contributed by atoms with Crippen LogP contribution in [0.3, 0.4) is 0 Å². The van der Waals surface area contributed by atoms with E-state index < -0.39 is 6.10 Å². The maximum absolute atomic E-state index is 9.81. The maximum Gasteiger partial charge on any atom is 0.161 e. The summed E-state index contributed by atoms with van der Waals surface area (Å²) in [6.45, 7) is 5.31. The molecule has 0 aliphatic carbocycles. The minimum Gasteiger partial charge on any atom is -0.493 e. The molecule has 0 spiro atoms. The zero-order valence-corrected chi connectivity index (χ0v) is 12.7. The summed E-state index contributed by atoms with van der Waals surface area (Å²) in [4.78, 5) is 0. The molecule has 1 aromatic rings. The molecule has 20 heavy (non-hydrogen) atoms. The van der Waals surface area contributed by atoms with Crippen molar-refractivity contribution in [3.05, 3.63) is 23.8 Å². The second-order valence-corrected chi connectivity index (χ2v) is 4.95. The Bertz CT molecular complexity index is 395. The first-order chi connectivity index (χ1) is 9.56. The number of hydrogen-bond acceptors (Lipinski definition) is 5. The average molecular weight is 283 g/mol. The second kappa shape index (κ2) is 8.79. The van der Waals surface area contributed by atoms with E-state index in [2.05, 4.69) is 5.32 Å². The fourth-order valence-corrected chi connectivity index (χ4v) is 1.70. The Hall–Kier alpha value is -1.30. The number of ether oxygens (including phenoxy) is 3. The van der Waals surface area contributed by atoms with Gasteiger partial charge in [-0.05, 0) is 17.7 Å². The molecule has 114 valence electrons. The van der Waals surface area contributed by atoms with Crippen LogP contribution in [0.15, 0.2) is 18.2 Å². The maximum atomic E-state index is 9.81. The lowest BCUT2D eigenvalue weighted by molar-refractivity contribution is 0.103. The molecule has 1 atom stereocenters. The van der Waals surface area contributed by atoms with E-state index in [1.807, 2.05) is 32.0 Å². The van der Waals surface area contributed by atoms with Crippen LogP contribution in [0, 0.1) is 0 Å². The molecule has 2 N–H and O–H groups in total. The number of hydrogen-bond donors (Lipinski definition) is 2. The van der Waals surface area contributed by atoms with Crippen molar-refractivity contribution in [2.75, 3.05) is 27.4 Å². The van der Waals surface area contributed by atoms with Gasteiger partial charge in [-0.2, -0.15) is 0 Å². The molecule has 0 radical (unpaired) electrons. The average Bonchev–Trinajstić information content (AvgIpc) is 2.43. The molecule has 1 rings (SSSR count). The van der Waals surface area contributed by atoms with Crippen LogP contribution in [0.2, 0.25) is 0 Å². The number of aliphatic hydroxyl groups excluding tert-OH is 1. The van der Waals surface area contributed by atoms with Gasteiger partial charge in [0.2, 0.25) is 0 Å². The van der Waals surface area contributed by atoms with Gasteiger partial charge in [0.25, 0.3) is 0 Å². The van der Waals surface area contributed by atoms with Crippen LogP contribution in [0.4, 0.5) is 0 Å². The fraction of sp³-hybridized carbons (Fsp3) is 0.600. The molecule has 1 unspecified atom stereocenters. The van der Waals surface area contributed by atoms with Gasteiger partial charge in [-0.3, -0.25) is 0 Å². The molecule has 0 fully saturated rings. The molecule has 0 heterocycles. The minimum absolute atomic E-state index is 0.222. The third-order valence-electron chi connectivity index (χ3n) is 2.73. The Morgan fingerprint density at radius 3 is 2.55 bits per heavy atom. The van der Waals surface area contributed by atoms with E-state index in [1.54, 1.807) is 14.2 Å². The largest absolute Gasteiger partial charge is 0.493 e. The van der Waals surface area contributed by atoms with Crippen LogP contribution in [-0.2, 0) is 11.3 Å². The van der Waals surface area contributed by atoms with Crippen molar-refractivity contribution >= 4 is 0 Å². The predicted octanol–water partition coefficient (Wildman–Crippen LogP) is 1.58. The molecular weight excluding hydrogens is 258 g/mol. The van der Waals surface area contributed by atoms with Crippen LogP contribution in [0.1, 0.15) is 19.4 Å². The first kappa shape index (κ1) is 16.8. The van der Waals surface area contributed by atoms with Gasteiger partial charge >= 0.3 is 0 Å². The summed E-state index contributed by atoms with van der Waals surface area (Å²) in [5.41, 5.74) is 1.01. The second-order valence-electron chi connectivity index (χ2n) is 4.95. The van der Waals surface area contributed by atoms with Gasteiger partial charge in [-0.25, -0.2) is 0 Å². The third-order valence-corrected chi connectivity index (χ3v) is 2.73. The summed E-state index contributed by atoms with van der Waals surface area (Å²) in [5, 5.41) is 13.0. The molecule has 0 aromatic heterocycles. The highest BCUT2D eigenvalue weighted by atomic mass is 16.5. The lowest BCUT2D eigenvalue weighted by Crippen LogP contribution is -2.35. The Morgan fingerprint density at radius 1 is 1.20 bits per heavy atom. The molecule has 0 aliphatic heterocycles. The number of benzene rings is 1. The lowest BCUT2D eigenvalue weighted by Gasteiger charge is -2.16. The van der Waals surface area contributed by atoms with Gasteiger partial charge in [0.15, 0.2) is 11.5 Å². The first-order valence-corrected chi connectivity index (χ1v) is 6.77. The molecule has 0 saturated heterocycles. The Morgan fingerprint density at radius 2 is 1.95 bits per heavy atom. The highest BCUT2D eigenvalue weighted by Gasteiger charge is 2.10. The third kappa shape index (κ3) is 5.77. The minimum atomic E-state index is -0.555. The Labute approximate surface area is 120 Å². The van der Waals surface area contributed by atoms with Crippen molar-refractivity contribution in [3.63, 3.8) is 0 Å². The summed E-state index contributed by atoms with van der Waals surface area (Å²) < 4.78 is 16.0. The molecule has 1 aromatic carbocycles. The van der Waals surface area contributed by atoms with Gasteiger partial charge in [-0.1, -0.05) is 19.9 Å². The Balaban J connectivity index is 2.54. The van der Waals surface area contributed by atoms with Crippen molar-refractivity contribution < 1.29 is 19.3 Å². The highest BCUT2D eigenvalue weighted by Crippen LogP contribution is 2.28. The summed E-state index contributed by atoms with van der Waals surface area (Å²) in [7, 11) is 3.24. The van der Waals surface area contributed by atoms with Gasteiger partial charge in [-0.15, -0.1) is 0 Å². The van der Waals surface area contributed by atoms with E-state index in [4.69, 9.17) is 14.2 Å². The van der Waals surface area contributed by atoms with Crippen LogP contribution < -0.4 is 14.8 Å². The van der Waals surface area contributed by atoms with Gasteiger partial charge in [0, 0.05) is 19.7 Å². The van der Waals surface area contributed by atoms with Crippen LogP contribution >= 0.6 is 0 Å². The first-order valence-electron chi connectivity index (χ1n) is 6.77. The number of nitrogens with one attached hydrogen (secondary N) is 1.